The van der Waals surface area contributed by atoms with Gasteiger partial charge in [-0.2, -0.15) is 13.2 Å². The molecule has 0 aliphatic carbocycles. The zero-order valence-electron chi connectivity index (χ0n) is 22.6. The number of thioether (sulfide) groups is 1. The van der Waals surface area contributed by atoms with E-state index in [9.17, 15) is 32.3 Å². The van der Waals surface area contributed by atoms with Gasteiger partial charge in [-0.25, -0.2) is 4.90 Å². The minimum atomic E-state index is -4.70. The summed E-state index contributed by atoms with van der Waals surface area (Å²) in [6, 6.07) is 17.7. The van der Waals surface area contributed by atoms with Crippen molar-refractivity contribution in [2.45, 2.75) is 28.9 Å². The van der Waals surface area contributed by atoms with E-state index in [0.29, 0.717) is 31.9 Å². The normalized spacial score (nSPS) is 19.5. The number of hydrogen-bond acceptors (Lipinski definition) is 7. The molecule has 0 unspecified atom stereocenters. The Balaban J connectivity index is 1.40. The van der Waals surface area contributed by atoms with Gasteiger partial charge in [-0.3, -0.25) is 23.7 Å². The summed E-state index contributed by atoms with van der Waals surface area (Å²) in [7, 11) is 1.51. The third-order valence-electron chi connectivity index (χ3n) is 7.42. The number of rotatable bonds is 6. The SMILES string of the molecule is COc1ccc([C@@H]2c3sc(=O)n(CC(=O)Nc4ccccc4C(F)(F)F)c3S[C@H]3C(=O)N(c4ccc(Cl)cc4)C(=O)[C@@H]23)cc1. The molecule has 0 spiro atoms. The molecular formula is C30H21ClF3N3O5S2. The molecule has 0 radical (unpaired) electrons. The molecule has 2 aliphatic rings. The van der Waals surface area contributed by atoms with Crippen LogP contribution >= 0.6 is 34.7 Å². The minimum absolute atomic E-state index is 0.306. The number of nitrogens with one attached hydrogen (secondary N) is 1. The molecule has 1 fully saturated rings. The summed E-state index contributed by atoms with van der Waals surface area (Å²) in [5.41, 5.74) is -0.474. The van der Waals surface area contributed by atoms with Gasteiger partial charge in [-0.15, -0.1) is 0 Å². The number of benzene rings is 3. The summed E-state index contributed by atoms with van der Waals surface area (Å²) in [4.78, 5) is 55.1. The molecule has 1 N–H and O–H groups in total. The fraction of sp³-hybridized carbons (Fsp3) is 0.200. The number of aromatic nitrogens is 1. The van der Waals surface area contributed by atoms with E-state index in [1.165, 1.54) is 19.2 Å². The van der Waals surface area contributed by atoms with E-state index in [4.69, 9.17) is 16.3 Å². The van der Waals surface area contributed by atoms with Crippen molar-refractivity contribution in [3.05, 3.63) is 103 Å². The van der Waals surface area contributed by atoms with Crippen LogP contribution in [-0.4, -0.2) is 34.6 Å². The second-order valence-electron chi connectivity index (χ2n) is 10.0. The predicted molar refractivity (Wildman–Crippen MR) is 161 cm³/mol. The van der Waals surface area contributed by atoms with Crippen molar-refractivity contribution in [1.29, 1.82) is 0 Å². The fourth-order valence-corrected chi connectivity index (χ4v) is 8.34. The number of imide groups is 1. The number of anilines is 2. The highest BCUT2D eigenvalue weighted by Crippen LogP contribution is 2.54. The van der Waals surface area contributed by atoms with Gasteiger partial charge < -0.3 is 10.1 Å². The number of nitrogens with zero attached hydrogens (tertiary/aromatic N) is 2. The van der Waals surface area contributed by atoms with E-state index in [-0.39, 0.29) is 0 Å². The lowest BCUT2D eigenvalue weighted by atomic mass is 9.83. The number of ether oxygens (including phenoxy) is 1. The van der Waals surface area contributed by atoms with E-state index in [1.54, 1.807) is 48.5 Å². The van der Waals surface area contributed by atoms with Crippen LogP contribution in [0.4, 0.5) is 24.5 Å². The van der Waals surface area contributed by atoms with Crippen LogP contribution in [0.5, 0.6) is 5.75 Å². The summed E-state index contributed by atoms with van der Waals surface area (Å²) in [5, 5.41) is 2.06. The maximum atomic E-state index is 13.9. The molecule has 0 bridgehead atoms. The van der Waals surface area contributed by atoms with Gasteiger partial charge in [0.2, 0.25) is 17.7 Å². The van der Waals surface area contributed by atoms with Gasteiger partial charge in [0.1, 0.15) is 17.5 Å². The van der Waals surface area contributed by atoms with Crippen LogP contribution in [-0.2, 0) is 27.1 Å². The molecule has 2 aliphatic heterocycles. The molecule has 3 aromatic carbocycles. The Hall–Kier alpha value is -4.07. The van der Waals surface area contributed by atoms with Crippen molar-refractivity contribution in [3.63, 3.8) is 0 Å². The van der Waals surface area contributed by atoms with Crippen molar-refractivity contribution in [2.75, 3.05) is 17.3 Å². The van der Waals surface area contributed by atoms with Crippen molar-refractivity contribution in [2.24, 2.45) is 5.92 Å². The molecule has 4 aromatic rings. The van der Waals surface area contributed by atoms with Gasteiger partial charge in [-0.1, -0.05) is 59.0 Å². The standard InChI is InChI=1S/C30H21ClF3N3O5S2/c1-42-18-12-6-15(7-13-18)22-23-24(27(40)37(26(23)39)17-10-8-16(31)9-11-17)43-28-25(22)44-29(41)36(28)14-21(38)35-20-5-3-2-4-19(20)30(32,33)34/h2-13,22-24H,14H2,1H3,(H,35,38)/t22-,23-,24+/m0/s1. The Labute approximate surface area is 261 Å². The van der Waals surface area contributed by atoms with Gasteiger partial charge in [0.15, 0.2) is 0 Å². The Bertz CT molecular complexity index is 1840. The molecule has 44 heavy (non-hydrogen) atoms. The number of alkyl halides is 3. The molecule has 8 nitrogen and oxygen atoms in total. The van der Waals surface area contributed by atoms with Crippen LogP contribution in [0.3, 0.4) is 0 Å². The highest BCUT2D eigenvalue weighted by atomic mass is 35.5. The van der Waals surface area contributed by atoms with Gasteiger partial charge in [-0.05, 0) is 54.1 Å². The van der Waals surface area contributed by atoms with E-state index in [0.717, 1.165) is 44.7 Å². The number of fused-ring (bicyclic) bond motifs is 2. The fourth-order valence-electron chi connectivity index (χ4n) is 5.44. The van der Waals surface area contributed by atoms with E-state index < -0.39 is 63.7 Å². The predicted octanol–water partition coefficient (Wildman–Crippen LogP) is 6.03. The van der Waals surface area contributed by atoms with Crippen LogP contribution in [0.1, 0.15) is 21.9 Å². The first-order valence-corrected chi connectivity index (χ1v) is 15.2. The third kappa shape index (κ3) is 5.29. The first kappa shape index (κ1) is 30.0. The Kier molecular flexibility index (Phi) is 7.80. The summed E-state index contributed by atoms with van der Waals surface area (Å²) in [6.07, 6.45) is -4.70. The zero-order chi connectivity index (χ0) is 31.3. The van der Waals surface area contributed by atoms with Gasteiger partial charge >= 0.3 is 11.0 Å². The van der Waals surface area contributed by atoms with Crippen LogP contribution in [0, 0.1) is 5.92 Å². The Morgan fingerprint density at radius 1 is 0.977 bits per heavy atom. The van der Waals surface area contributed by atoms with Gasteiger partial charge in [0, 0.05) is 15.8 Å². The number of para-hydroxylation sites is 1. The molecule has 1 saturated heterocycles. The van der Waals surface area contributed by atoms with Crippen LogP contribution in [0.15, 0.2) is 82.6 Å². The monoisotopic (exact) mass is 659 g/mol. The van der Waals surface area contributed by atoms with Gasteiger partial charge in [0.05, 0.1) is 35.0 Å². The zero-order valence-corrected chi connectivity index (χ0v) is 25.0. The van der Waals surface area contributed by atoms with Crippen molar-refractivity contribution >= 4 is 63.8 Å². The molecule has 1 aromatic heterocycles. The summed E-state index contributed by atoms with van der Waals surface area (Å²) < 4.78 is 46.9. The number of hydrogen-bond donors (Lipinski definition) is 1. The Morgan fingerprint density at radius 3 is 2.32 bits per heavy atom. The number of amides is 3. The first-order valence-electron chi connectivity index (χ1n) is 13.1. The largest absolute Gasteiger partial charge is 0.497 e. The number of halogens is 4. The molecule has 6 rings (SSSR count). The second kappa shape index (κ2) is 11.5. The number of methoxy groups -OCH3 is 1. The van der Waals surface area contributed by atoms with Crippen molar-refractivity contribution in [3.8, 4) is 5.75 Å². The van der Waals surface area contributed by atoms with Crippen molar-refractivity contribution < 1.29 is 32.3 Å². The summed E-state index contributed by atoms with van der Waals surface area (Å²) in [5.74, 6) is -2.83. The maximum Gasteiger partial charge on any atom is 0.418 e. The lowest BCUT2D eigenvalue weighted by Crippen LogP contribution is -2.33. The first-order chi connectivity index (χ1) is 21.0. The quantitative estimate of drug-likeness (QED) is 0.254. The lowest BCUT2D eigenvalue weighted by molar-refractivity contribution is -0.137. The smallest absolute Gasteiger partial charge is 0.418 e. The van der Waals surface area contributed by atoms with E-state index in [1.807, 2.05) is 0 Å². The molecule has 3 amide bonds. The lowest BCUT2D eigenvalue weighted by Gasteiger charge is -2.30. The molecule has 3 atom stereocenters. The van der Waals surface area contributed by atoms with Crippen molar-refractivity contribution in [1.82, 2.24) is 4.57 Å². The molecule has 3 heterocycles. The second-order valence-corrected chi connectivity index (χ2v) is 12.6. The average molecular weight is 660 g/mol. The summed E-state index contributed by atoms with van der Waals surface area (Å²) in [6.45, 7) is -0.598. The van der Waals surface area contributed by atoms with E-state index >= 15 is 0 Å². The number of carbonyl (C=O) groups excluding carboxylic acids is 3. The number of carbonyl (C=O) groups is 3. The topological polar surface area (TPSA) is 97.7 Å². The van der Waals surface area contributed by atoms with Crippen LogP contribution < -0.4 is 19.8 Å². The highest BCUT2D eigenvalue weighted by molar-refractivity contribution is 8.00. The van der Waals surface area contributed by atoms with Crippen LogP contribution in [0.25, 0.3) is 0 Å². The third-order valence-corrected chi connectivity index (χ3v) is 10.3. The van der Waals surface area contributed by atoms with Crippen LogP contribution in [0.2, 0.25) is 5.02 Å². The number of thiazole rings is 1. The Morgan fingerprint density at radius 2 is 1.66 bits per heavy atom. The highest BCUT2D eigenvalue weighted by Gasteiger charge is 2.56. The molecule has 226 valence electrons. The van der Waals surface area contributed by atoms with E-state index in [2.05, 4.69) is 5.32 Å². The minimum Gasteiger partial charge on any atom is -0.497 e. The van der Waals surface area contributed by atoms with Gasteiger partial charge in [0.25, 0.3) is 0 Å². The maximum absolute atomic E-state index is 13.9. The molecule has 14 heteroatoms. The summed E-state index contributed by atoms with van der Waals surface area (Å²) >= 11 is 7.85. The molecule has 0 saturated carbocycles. The average Bonchev–Trinajstić information content (AvgIpc) is 3.43. The molecular weight excluding hydrogens is 639 g/mol.